The van der Waals surface area contributed by atoms with Crippen molar-refractivity contribution >= 4 is 6.03 Å². The lowest BCUT2D eigenvalue weighted by Crippen LogP contribution is -2.49. The zero-order valence-corrected chi connectivity index (χ0v) is 12.7. The lowest BCUT2D eigenvalue weighted by molar-refractivity contribution is 0.130. The summed E-state index contributed by atoms with van der Waals surface area (Å²) < 4.78 is 27.0. The molecule has 0 aliphatic carbocycles. The Hall–Kier alpha value is -1.69. The van der Waals surface area contributed by atoms with Crippen LogP contribution in [-0.4, -0.2) is 35.2 Å². The van der Waals surface area contributed by atoms with Crippen LogP contribution < -0.4 is 5.32 Å². The number of hydrogen-bond donors (Lipinski definition) is 2. The molecule has 0 bridgehead atoms. The van der Waals surface area contributed by atoms with Crippen LogP contribution >= 0.6 is 0 Å². The first-order valence-corrected chi connectivity index (χ1v) is 7.66. The molecule has 4 nitrogen and oxygen atoms in total. The third-order valence-corrected chi connectivity index (χ3v) is 4.14. The van der Waals surface area contributed by atoms with Gasteiger partial charge in [-0.15, -0.1) is 0 Å². The molecule has 0 spiro atoms. The van der Waals surface area contributed by atoms with Crippen molar-refractivity contribution in [1.82, 2.24) is 10.2 Å². The Labute approximate surface area is 129 Å². The molecule has 1 aromatic rings. The molecule has 0 saturated carbocycles. The summed E-state index contributed by atoms with van der Waals surface area (Å²) in [6.45, 7) is 2.28. The van der Waals surface area contributed by atoms with Gasteiger partial charge < -0.3 is 15.3 Å². The second-order valence-corrected chi connectivity index (χ2v) is 5.67. The fourth-order valence-electron chi connectivity index (χ4n) is 2.92. The van der Waals surface area contributed by atoms with E-state index < -0.39 is 17.7 Å². The molecular formula is C16H22F2N2O2. The molecule has 0 radical (unpaired) electrons. The van der Waals surface area contributed by atoms with Crippen LogP contribution in [-0.2, 0) is 0 Å². The van der Waals surface area contributed by atoms with Crippen LogP contribution in [0.3, 0.4) is 0 Å². The molecule has 2 N–H and O–H groups in total. The monoisotopic (exact) mass is 312 g/mol. The molecule has 1 aliphatic rings. The van der Waals surface area contributed by atoms with Gasteiger partial charge in [-0.3, -0.25) is 0 Å². The number of rotatable bonds is 4. The second kappa shape index (κ2) is 7.54. The molecule has 22 heavy (non-hydrogen) atoms. The first-order valence-electron chi connectivity index (χ1n) is 7.66. The van der Waals surface area contributed by atoms with E-state index in [0.29, 0.717) is 13.0 Å². The summed E-state index contributed by atoms with van der Waals surface area (Å²) in [6, 6.07) is 3.02. The zero-order valence-electron chi connectivity index (χ0n) is 12.7. The predicted molar refractivity (Wildman–Crippen MR) is 79.4 cm³/mol. The summed E-state index contributed by atoms with van der Waals surface area (Å²) in [4.78, 5) is 14.1. The van der Waals surface area contributed by atoms with Crippen molar-refractivity contribution in [1.29, 1.82) is 0 Å². The summed E-state index contributed by atoms with van der Waals surface area (Å²) >= 11 is 0. The van der Waals surface area contributed by atoms with E-state index in [0.717, 1.165) is 25.3 Å². The number of hydrogen-bond acceptors (Lipinski definition) is 2. The minimum atomic E-state index is -0.930. The SMILES string of the molecule is CC(NC(=O)N1CCCCC1CCO)c1cccc(F)c1F. The summed E-state index contributed by atoms with van der Waals surface area (Å²) in [6.07, 6.45) is 3.34. The number of benzene rings is 1. The van der Waals surface area contributed by atoms with Crippen molar-refractivity contribution in [3.63, 3.8) is 0 Å². The first kappa shape index (κ1) is 16.7. The van der Waals surface area contributed by atoms with E-state index in [1.165, 1.54) is 12.1 Å². The van der Waals surface area contributed by atoms with Gasteiger partial charge >= 0.3 is 6.03 Å². The van der Waals surface area contributed by atoms with Crippen LogP contribution in [0.2, 0.25) is 0 Å². The number of carbonyl (C=O) groups is 1. The third-order valence-electron chi connectivity index (χ3n) is 4.14. The fraction of sp³-hybridized carbons (Fsp3) is 0.562. The summed E-state index contributed by atoms with van der Waals surface area (Å²) in [5.74, 6) is -1.85. The van der Waals surface area contributed by atoms with Crippen LogP contribution in [0, 0.1) is 11.6 Å². The Kier molecular flexibility index (Phi) is 5.71. The minimum absolute atomic E-state index is 0.00306. The van der Waals surface area contributed by atoms with E-state index in [-0.39, 0.29) is 24.2 Å². The highest BCUT2D eigenvalue weighted by molar-refractivity contribution is 5.75. The molecule has 2 unspecified atom stereocenters. The maximum Gasteiger partial charge on any atom is 0.318 e. The lowest BCUT2D eigenvalue weighted by atomic mass is 10.00. The molecule has 2 atom stereocenters. The zero-order chi connectivity index (χ0) is 16.1. The van der Waals surface area contributed by atoms with E-state index in [2.05, 4.69) is 5.32 Å². The smallest absolute Gasteiger partial charge is 0.318 e. The topological polar surface area (TPSA) is 52.6 Å². The number of aliphatic hydroxyl groups excluding tert-OH is 1. The van der Waals surface area contributed by atoms with E-state index >= 15 is 0 Å². The molecule has 2 rings (SSSR count). The van der Waals surface area contributed by atoms with Gasteiger partial charge in [0.2, 0.25) is 0 Å². The van der Waals surface area contributed by atoms with Crippen LogP contribution in [0.5, 0.6) is 0 Å². The fourth-order valence-corrected chi connectivity index (χ4v) is 2.92. The highest BCUT2D eigenvalue weighted by Crippen LogP contribution is 2.22. The number of nitrogens with one attached hydrogen (secondary N) is 1. The number of nitrogens with zero attached hydrogens (tertiary/aromatic N) is 1. The van der Waals surface area contributed by atoms with E-state index in [1.54, 1.807) is 11.8 Å². The number of aliphatic hydroxyl groups is 1. The Morgan fingerprint density at radius 2 is 2.23 bits per heavy atom. The number of piperidine rings is 1. The number of amides is 2. The first-order chi connectivity index (χ1) is 10.5. The molecule has 0 aromatic heterocycles. The van der Waals surface area contributed by atoms with Crippen LogP contribution in [0.1, 0.15) is 44.2 Å². The van der Waals surface area contributed by atoms with Crippen LogP contribution in [0.4, 0.5) is 13.6 Å². The quantitative estimate of drug-likeness (QED) is 0.898. The van der Waals surface area contributed by atoms with Gasteiger partial charge in [0, 0.05) is 24.8 Å². The second-order valence-electron chi connectivity index (χ2n) is 5.67. The van der Waals surface area contributed by atoms with Crippen molar-refractivity contribution in [3.05, 3.63) is 35.4 Å². The minimum Gasteiger partial charge on any atom is -0.396 e. The highest BCUT2D eigenvalue weighted by Gasteiger charge is 2.27. The van der Waals surface area contributed by atoms with Gasteiger partial charge in [-0.05, 0) is 38.7 Å². The van der Waals surface area contributed by atoms with Gasteiger partial charge in [0.25, 0.3) is 0 Å². The molecule has 122 valence electrons. The largest absolute Gasteiger partial charge is 0.396 e. The van der Waals surface area contributed by atoms with Crippen LogP contribution in [0.15, 0.2) is 18.2 Å². The van der Waals surface area contributed by atoms with Gasteiger partial charge in [-0.25, -0.2) is 13.6 Å². The summed E-state index contributed by atoms with van der Waals surface area (Å²) in [5, 5.41) is 11.8. The molecule has 6 heteroatoms. The number of halogens is 2. The Morgan fingerprint density at radius 3 is 2.95 bits per heavy atom. The molecule has 1 saturated heterocycles. The number of carbonyl (C=O) groups excluding carboxylic acids is 1. The standard InChI is InChI=1S/C16H22F2N2O2/c1-11(13-6-4-7-14(17)15(13)18)19-16(22)20-9-3-2-5-12(20)8-10-21/h4,6-7,11-12,21H,2-3,5,8-10H2,1H3,(H,19,22). The normalized spacial score (nSPS) is 19.8. The van der Waals surface area contributed by atoms with Crippen molar-refractivity contribution in [2.24, 2.45) is 0 Å². The van der Waals surface area contributed by atoms with Crippen molar-refractivity contribution in [3.8, 4) is 0 Å². The Bertz CT molecular complexity index is 523. The maximum atomic E-state index is 13.8. The predicted octanol–water partition coefficient (Wildman–Crippen LogP) is 2.97. The van der Waals surface area contributed by atoms with E-state index in [4.69, 9.17) is 5.11 Å². The molecule has 1 heterocycles. The highest BCUT2D eigenvalue weighted by atomic mass is 19.2. The van der Waals surface area contributed by atoms with Gasteiger partial charge in [0.1, 0.15) is 0 Å². The molecular weight excluding hydrogens is 290 g/mol. The van der Waals surface area contributed by atoms with Crippen LogP contribution in [0.25, 0.3) is 0 Å². The summed E-state index contributed by atoms with van der Waals surface area (Å²) in [5.41, 5.74) is 0.129. The van der Waals surface area contributed by atoms with E-state index in [1.807, 2.05) is 0 Å². The molecule has 1 fully saturated rings. The van der Waals surface area contributed by atoms with Crippen molar-refractivity contribution in [2.75, 3.05) is 13.2 Å². The molecule has 1 aromatic carbocycles. The lowest BCUT2D eigenvalue weighted by Gasteiger charge is -2.36. The van der Waals surface area contributed by atoms with Gasteiger partial charge in [-0.1, -0.05) is 12.1 Å². The average Bonchev–Trinajstić information content (AvgIpc) is 2.50. The van der Waals surface area contributed by atoms with Gasteiger partial charge in [-0.2, -0.15) is 0 Å². The van der Waals surface area contributed by atoms with Gasteiger partial charge in [0.05, 0.1) is 6.04 Å². The average molecular weight is 312 g/mol. The van der Waals surface area contributed by atoms with Gasteiger partial charge in [0.15, 0.2) is 11.6 Å². The third kappa shape index (κ3) is 3.74. The number of urea groups is 1. The van der Waals surface area contributed by atoms with Crippen molar-refractivity contribution < 1.29 is 18.7 Å². The molecule has 2 amide bonds. The van der Waals surface area contributed by atoms with Crippen molar-refractivity contribution in [2.45, 2.75) is 44.7 Å². The molecule has 1 aliphatic heterocycles. The van der Waals surface area contributed by atoms with E-state index in [9.17, 15) is 13.6 Å². The maximum absolute atomic E-state index is 13.8. The Morgan fingerprint density at radius 1 is 1.45 bits per heavy atom. The Balaban J connectivity index is 2.05. The summed E-state index contributed by atoms with van der Waals surface area (Å²) in [7, 11) is 0. The number of likely N-dealkylation sites (tertiary alicyclic amines) is 1.